The Morgan fingerprint density at radius 2 is 1.71 bits per heavy atom. The quantitative estimate of drug-likeness (QED) is 0.453. The molecule has 0 N–H and O–H groups in total. The van der Waals surface area contributed by atoms with Crippen molar-refractivity contribution < 1.29 is 9.59 Å². The van der Waals surface area contributed by atoms with Gasteiger partial charge in [-0.3, -0.25) is 9.59 Å². The number of hydrogen-bond acceptors (Lipinski definition) is 3. The standard InChI is InChI=1S/C28H25NO2/c30-27-24-13-7-8-14-25(24)28(31)26(27)19-20-15-17-23(18-16-20)29(21-9-3-1-4-10-21)22-11-5-2-6-12-22/h1,3-5,7-9,11-15,17,19,21H,2,6,10,16,18H2. The van der Waals surface area contributed by atoms with Crippen molar-refractivity contribution >= 4 is 11.6 Å². The maximum Gasteiger partial charge on any atom is 0.197 e. The van der Waals surface area contributed by atoms with E-state index in [4.69, 9.17) is 0 Å². The minimum absolute atomic E-state index is 0.158. The highest BCUT2D eigenvalue weighted by Crippen LogP contribution is 2.33. The van der Waals surface area contributed by atoms with Crippen LogP contribution in [0.4, 0.5) is 0 Å². The highest BCUT2D eigenvalue weighted by Gasteiger charge is 2.33. The van der Waals surface area contributed by atoms with Crippen LogP contribution in [0, 0.1) is 0 Å². The molecule has 0 spiro atoms. The van der Waals surface area contributed by atoms with Gasteiger partial charge < -0.3 is 4.90 Å². The molecule has 154 valence electrons. The number of fused-ring (bicyclic) bond motifs is 1. The third-order valence-electron chi connectivity index (χ3n) is 6.25. The molecule has 1 atom stereocenters. The summed E-state index contributed by atoms with van der Waals surface area (Å²) in [6, 6.07) is 7.39. The first-order chi connectivity index (χ1) is 15.2. The summed E-state index contributed by atoms with van der Waals surface area (Å²) in [4.78, 5) is 27.8. The Labute approximate surface area is 183 Å². The first-order valence-electron chi connectivity index (χ1n) is 11.0. The van der Waals surface area contributed by atoms with Crippen LogP contribution in [0.3, 0.4) is 0 Å². The molecule has 3 nitrogen and oxygen atoms in total. The van der Waals surface area contributed by atoms with Crippen LogP contribution in [-0.2, 0) is 0 Å². The van der Waals surface area contributed by atoms with Crippen molar-refractivity contribution in [3.8, 4) is 0 Å². The minimum Gasteiger partial charge on any atom is -0.338 e. The molecule has 0 fully saturated rings. The number of carbonyl (C=O) groups is 2. The second-order valence-corrected chi connectivity index (χ2v) is 8.26. The lowest BCUT2D eigenvalue weighted by Crippen LogP contribution is -2.33. The maximum atomic E-state index is 12.7. The van der Waals surface area contributed by atoms with Gasteiger partial charge in [0.1, 0.15) is 0 Å². The average molecular weight is 408 g/mol. The molecule has 4 aliphatic carbocycles. The third kappa shape index (κ3) is 3.72. The fraction of sp³-hybridized carbons (Fsp3) is 0.214. The molecule has 4 aliphatic rings. The number of rotatable bonds is 4. The zero-order chi connectivity index (χ0) is 21.2. The van der Waals surface area contributed by atoms with Crippen molar-refractivity contribution in [2.75, 3.05) is 0 Å². The molecule has 1 aromatic rings. The van der Waals surface area contributed by atoms with Crippen LogP contribution in [0.2, 0.25) is 0 Å². The van der Waals surface area contributed by atoms with Crippen molar-refractivity contribution in [3.63, 3.8) is 0 Å². The van der Waals surface area contributed by atoms with E-state index in [1.165, 1.54) is 11.4 Å². The Kier molecular flexibility index (Phi) is 5.25. The molecule has 0 bridgehead atoms. The van der Waals surface area contributed by atoms with Gasteiger partial charge in [-0.2, -0.15) is 0 Å². The molecule has 3 heteroatoms. The summed E-state index contributed by atoms with van der Waals surface area (Å²) in [6.45, 7) is 0. The van der Waals surface area contributed by atoms with Crippen molar-refractivity contribution in [1.82, 2.24) is 4.90 Å². The van der Waals surface area contributed by atoms with E-state index in [9.17, 15) is 9.59 Å². The smallest absolute Gasteiger partial charge is 0.197 e. The summed E-state index contributed by atoms with van der Waals surface area (Å²) in [5.41, 5.74) is 4.89. The van der Waals surface area contributed by atoms with E-state index < -0.39 is 0 Å². The molecule has 1 unspecified atom stereocenters. The Morgan fingerprint density at radius 1 is 0.903 bits per heavy atom. The van der Waals surface area contributed by atoms with Gasteiger partial charge in [0.25, 0.3) is 0 Å². The molecular weight excluding hydrogens is 382 g/mol. The molecule has 1 aromatic carbocycles. The second-order valence-electron chi connectivity index (χ2n) is 8.26. The van der Waals surface area contributed by atoms with E-state index in [-0.39, 0.29) is 11.6 Å². The minimum atomic E-state index is -0.158. The predicted molar refractivity (Wildman–Crippen MR) is 124 cm³/mol. The summed E-state index contributed by atoms with van der Waals surface area (Å²) < 4.78 is 0. The number of allylic oxidation sites excluding steroid dienone is 11. The Bertz CT molecular complexity index is 1120. The first-order valence-corrected chi connectivity index (χ1v) is 11.0. The largest absolute Gasteiger partial charge is 0.338 e. The van der Waals surface area contributed by atoms with Gasteiger partial charge in [-0.1, -0.05) is 66.8 Å². The second kappa shape index (κ2) is 8.35. The van der Waals surface area contributed by atoms with Gasteiger partial charge in [-0.15, -0.1) is 0 Å². The summed E-state index contributed by atoms with van der Waals surface area (Å²) >= 11 is 0. The van der Waals surface area contributed by atoms with Gasteiger partial charge in [0.05, 0.1) is 11.6 Å². The molecule has 0 aliphatic heterocycles. The van der Waals surface area contributed by atoms with Gasteiger partial charge in [0, 0.05) is 22.5 Å². The molecular formula is C28H25NO2. The monoisotopic (exact) mass is 407 g/mol. The fourth-order valence-corrected chi connectivity index (χ4v) is 4.66. The SMILES string of the molecule is O=C1C(=CC2=CC=C(N(C3=CCCC=C3)C3C=CC=CC3)CC2)C(=O)c2ccccc21. The fourth-order valence-electron chi connectivity index (χ4n) is 4.66. The summed E-state index contributed by atoms with van der Waals surface area (Å²) in [7, 11) is 0. The number of hydrogen-bond donors (Lipinski definition) is 0. The number of ketones is 2. The van der Waals surface area contributed by atoms with Crippen LogP contribution in [0.1, 0.15) is 52.8 Å². The Balaban J connectivity index is 1.43. The van der Waals surface area contributed by atoms with Crippen LogP contribution in [-0.4, -0.2) is 22.5 Å². The highest BCUT2D eigenvalue weighted by atomic mass is 16.2. The topological polar surface area (TPSA) is 37.4 Å². The zero-order valence-corrected chi connectivity index (χ0v) is 17.5. The maximum absolute atomic E-state index is 12.7. The van der Waals surface area contributed by atoms with Crippen molar-refractivity contribution in [2.24, 2.45) is 0 Å². The average Bonchev–Trinajstić information content (AvgIpc) is 3.07. The molecule has 0 radical (unpaired) electrons. The van der Waals surface area contributed by atoms with E-state index in [1.54, 1.807) is 30.3 Å². The molecule has 5 rings (SSSR count). The van der Waals surface area contributed by atoms with Gasteiger partial charge in [-0.05, 0) is 55.9 Å². The van der Waals surface area contributed by atoms with Crippen LogP contribution < -0.4 is 0 Å². The van der Waals surface area contributed by atoms with Crippen molar-refractivity contribution in [2.45, 2.75) is 38.1 Å². The lowest BCUT2D eigenvalue weighted by atomic mass is 9.95. The van der Waals surface area contributed by atoms with Crippen LogP contribution in [0.25, 0.3) is 0 Å². The van der Waals surface area contributed by atoms with Gasteiger partial charge >= 0.3 is 0 Å². The Morgan fingerprint density at radius 3 is 2.32 bits per heavy atom. The lowest BCUT2D eigenvalue weighted by Gasteiger charge is -2.37. The molecule has 31 heavy (non-hydrogen) atoms. The van der Waals surface area contributed by atoms with Gasteiger partial charge in [-0.25, -0.2) is 0 Å². The zero-order valence-electron chi connectivity index (χ0n) is 17.5. The third-order valence-corrected chi connectivity index (χ3v) is 6.25. The summed E-state index contributed by atoms with van der Waals surface area (Å²) in [6.07, 6.45) is 26.4. The highest BCUT2D eigenvalue weighted by molar-refractivity contribution is 6.39. The van der Waals surface area contributed by atoms with E-state index in [1.807, 2.05) is 0 Å². The number of Topliss-reactive ketones (excluding diaryl/α,β-unsaturated/α-hetero) is 2. The van der Waals surface area contributed by atoms with Crippen LogP contribution in [0.5, 0.6) is 0 Å². The Hall–Kier alpha value is -3.46. The van der Waals surface area contributed by atoms with Gasteiger partial charge in [0.15, 0.2) is 11.6 Å². The predicted octanol–water partition coefficient (Wildman–Crippen LogP) is 6.02. The number of carbonyl (C=O) groups excluding carboxylic acids is 2. The van der Waals surface area contributed by atoms with Crippen molar-refractivity contribution in [3.05, 3.63) is 119 Å². The molecule has 0 aromatic heterocycles. The molecule has 0 amide bonds. The normalized spacial score (nSPS) is 22.1. The number of benzene rings is 1. The van der Waals surface area contributed by atoms with Crippen LogP contribution >= 0.6 is 0 Å². The molecule has 0 heterocycles. The van der Waals surface area contributed by atoms with Crippen molar-refractivity contribution in [1.29, 1.82) is 0 Å². The number of nitrogens with zero attached hydrogens (tertiary/aromatic N) is 1. The molecule has 0 saturated heterocycles. The van der Waals surface area contributed by atoms with E-state index in [0.717, 1.165) is 37.7 Å². The van der Waals surface area contributed by atoms with E-state index in [2.05, 4.69) is 59.6 Å². The van der Waals surface area contributed by atoms with E-state index >= 15 is 0 Å². The summed E-state index contributed by atoms with van der Waals surface area (Å²) in [5.74, 6) is -0.316. The molecule has 0 saturated carbocycles. The van der Waals surface area contributed by atoms with E-state index in [0.29, 0.717) is 22.7 Å². The first kappa shape index (κ1) is 19.5. The van der Waals surface area contributed by atoms with Gasteiger partial charge in [0.2, 0.25) is 0 Å². The summed E-state index contributed by atoms with van der Waals surface area (Å²) in [5, 5.41) is 0. The lowest BCUT2D eigenvalue weighted by molar-refractivity contribution is 0.0988. The van der Waals surface area contributed by atoms with Crippen LogP contribution in [0.15, 0.2) is 108 Å².